The van der Waals surface area contributed by atoms with Gasteiger partial charge in [0.1, 0.15) is 17.5 Å². The van der Waals surface area contributed by atoms with Crippen LogP contribution in [0, 0.1) is 11.3 Å². The lowest BCUT2D eigenvalue weighted by molar-refractivity contribution is 0.722. The molecule has 1 heterocycles. The molecule has 2 rings (SSSR count). The maximum Gasteiger partial charge on any atom is 0.154 e. The van der Waals surface area contributed by atoms with E-state index in [4.69, 9.17) is 5.73 Å². The van der Waals surface area contributed by atoms with Crippen LogP contribution in [0.25, 0.3) is 0 Å². The highest BCUT2D eigenvalue weighted by Crippen LogP contribution is 2.17. The minimum atomic E-state index is 0.511. The molecule has 3 N–H and O–H groups in total. The maximum absolute atomic E-state index is 9.51. The van der Waals surface area contributed by atoms with E-state index in [2.05, 4.69) is 16.4 Å². The molecule has 0 atom stereocenters. The summed E-state index contributed by atoms with van der Waals surface area (Å²) in [7, 11) is 0. The first-order chi connectivity index (χ1) is 10.2. The van der Waals surface area contributed by atoms with Gasteiger partial charge in [-0.3, -0.25) is 0 Å². The highest BCUT2D eigenvalue weighted by molar-refractivity contribution is 5.61. The molecule has 2 aromatic rings. The molecular formula is C16H19N5. The normalized spacial score (nSPS) is 11.2. The summed E-state index contributed by atoms with van der Waals surface area (Å²) < 4.78 is 1.84. The lowest BCUT2D eigenvalue weighted by Gasteiger charge is -2.14. The van der Waals surface area contributed by atoms with Crippen molar-refractivity contribution in [2.24, 2.45) is 4.99 Å². The number of aromatic nitrogens is 1. The first-order valence-corrected chi connectivity index (χ1v) is 6.98. The predicted octanol–water partition coefficient (Wildman–Crippen LogP) is 2.63. The Morgan fingerprint density at radius 1 is 1.29 bits per heavy atom. The Labute approximate surface area is 124 Å². The van der Waals surface area contributed by atoms with E-state index >= 15 is 0 Å². The van der Waals surface area contributed by atoms with E-state index in [0.29, 0.717) is 23.4 Å². The molecule has 0 fully saturated rings. The molecule has 0 aliphatic carbocycles. The fourth-order valence-corrected chi connectivity index (χ4v) is 2.19. The molecule has 5 nitrogen and oxygen atoms in total. The highest BCUT2D eigenvalue weighted by Gasteiger charge is 2.10. The molecule has 21 heavy (non-hydrogen) atoms. The van der Waals surface area contributed by atoms with E-state index in [1.54, 1.807) is 6.07 Å². The van der Waals surface area contributed by atoms with E-state index < -0.39 is 0 Å². The third kappa shape index (κ3) is 3.06. The number of nitrogen functional groups attached to an aromatic ring is 1. The van der Waals surface area contributed by atoms with Crippen LogP contribution in [0.3, 0.4) is 0 Å². The van der Waals surface area contributed by atoms with Crippen LogP contribution in [0.5, 0.6) is 0 Å². The molecule has 0 bridgehead atoms. The Morgan fingerprint density at radius 2 is 2.00 bits per heavy atom. The number of rotatable bonds is 4. The van der Waals surface area contributed by atoms with E-state index in [1.165, 1.54) is 0 Å². The predicted molar refractivity (Wildman–Crippen MR) is 85.1 cm³/mol. The quantitative estimate of drug-likeness (QED) is 0.904. The minimum Gasteiger partial charge on any atom is -0.385 e. The van der Waals surface area contributed by atoms with Crippen LogP contribution in [0.1, 0.15) is 19.4 Å². The summed E-state index contributed by atoms with van der Waals surface area (Å²) in [5.74, 6) is 0.585. The van der Waals surface area contributed by atoms with Crippen molar-refractivity contribution in [2.45, 2.75) is 20.4 Å². The zero-order valence-electron chi connectivity index (χ0n) is 12.3. The lowest BCUT2D eigenvalue weighted by atomic mass is 10.2. The molecule has 1 aromatic heterocycles. The molecule has 0 unspecified atom stereocenters. The van der Waals surface area contributed by atoms with Gasteiger partial charge in [-0.2, -0.15) is 5.26 Å². The van der Waals surface area contributed by atoms with Crippen LogP contribution in [0.15, 0.2) is 41.4 Å². The molecule has 0 saturated heterocycles. The Kier molecular flexibility index (Phi) is 4.62. The summed E-state index contributed by atoms with van der Waals surface area (Å²) in [4.78, 5) is 4.61. The molecule has 0 aliphatic heterocycles. The van der Waals surface area contributed by atoms with Gasteiger partial charge in [-0.1, -0.05) is 18.2 Å². The number of anilines is 2. The standard InChI is InChI=1S/C16H19N5/c1-3-19-14-10-15(18)21(4-2)16(13(14)11-17)20-12-8-6-5-7-9-12/h5-10,19H,3-4,18H2,1-2H3/b20-16+. The number of nitrogens with two attached hydrogens (primary N) is 1. The maximum atomic E-state index is 9.51. The number of nitrogens with zero attached hydrogens (tertiary/aromatic N) is 3. The van der Waals surface area contributed by atoms with Crippen molar-refractivity contribution in [3.05, 3.63) is 47.4 Å². The molecule has 0 radical (unpaired) electrons. The summed E-state index contributed by atoms with van der Waals surface area (Å²) in [6.45, 7) is 5.33. The number of pyridine rings is 1. The van der Waals surface area contributed by atoms with Gasteiger partial charge in [-0.25, -0.2) is 4.99 Å². The summed E-state index contributed by atoms with van der Waals surface area (Å²) in [5.41, 5.74) is 8.70. The topological polar surface area (TPSA) is 79.1 Å². The largest absolute Gasteiger partial charge is 0.385 e. The molecule has 1 aromatic carbocycles. The van der Waals surface area contributed by atoms with Crippen molar-refractivity contribution in [3.63, 3.8) is 0 Å². The van der Waals surface area contributed by atoms with Crippen molar-refractivity contribution < 1.29 is 0 Å². The van der Waals surface area contributed by atoms with E-state index in [1.807, 2.05) is 48.7 Å². The lowest BCUT2D eigenvalue weighted by Crippen LogP contribution is -2.27. The van der Waals surface area contributed by atoms with Gasteiger partial charge < -0.3 is 15.6 Å². The number of hydrogen-bond donors (Lipinski definition) is 2. The summed E-state index contributed by atoms with van der Waals surface area (Å²) >= 11 is 0. The number of hydrogen-bond acceptors (Lipinski definition) is 4. The van der Waals surface area contributed by atoms with Crippen LogP contribution in [0.2, 0.25) is 0 Å². The van der Waals surface area contributed by atoms with Crippen LogP contribution >= 0.6 is 0 Å². The monoisotopic (exact) mass is 281 g/mol. The molecular weight excluding hydrogens is 262 g/mol. The van der Waals surface area contributed by atoms with Gasteiger partial charge in [0.25, 0.3) is 0 Å². The first kappa shape index (κ1) is 14.7. The van der Waals surface area contributed by atoms with Crippen LogP contribution in [-0.4, -0.2) is 11.1 Å². The number of nitriles is 1. The van der Waals surface area contributed by atoms with Crippen molar-refractivity contribution in [1.29, 1.82) is 5.26 Å². The third-order valence-electron chi connectivity index (χ3n) is 3.14. The van der Waals surface area contributed by atoms with Gasteiger partial charge in [0.05, 0.1) is 11.4 Å². The second-order valence-electron chi connectivity index (χ2n) is 4.52. The summed E-state index contributed by atoms with van der Waals surface area (Å²) in [5, 5.41) is 12.7. The Bertz CT molecular complexity index is 723. The third-order valence-corrected chi connectivity index (χ3v) is 3.14. The van der Waals surface area contributed by atoms with Crippen molar-refractivity contribution >= 4 is 17.2 Å². The average Bonchev–Trinajstić information content (AvgIpc) is 2.49. The zero-order chi connectivity index (χ0) is 15.2. The van der Waals surface area contributed by atoms with Gasteiger partial charge in [-0.15, -0.1) is 0 Å². The molecule has 0 spiro atoms. The number of para-hydroxylation sites is 1. The number of nitrogens with one attached hydrogen (secondary N) is 1. The Hall–Kier alpha value is -2.74. The van der Waals surface area contributed by atoms with Crippen molar-refractivity contribution in [3.8, 4) is 6.07 Å². The Balaban J connectivity index is 2.78. The van der Waals surface area contributed by atoms with Gasteiger partial charge in [0.2, 0.25) is 0 Å². The van der Waals surface area contributed by atoms with Crippen LogP contribution in [0.4, 0.5) is 17.2 Å². The summed E-state index contributed by atoms with van der Waals surface area (Å²) in [6, 6.07) is 13.6. The van der Waals surface area contributed by atoms with Gasteiger partial charge in [0, 0.05) is 19.2 Å². The van der Waals surface area contributed by atoms with E-state index in [9.17, 15) is 5.26 Å². The second kappa shape index (κ2) is 6.62. The fourth-order valence-electron chi connectivity index (χ4n) is 2.19. The fraction of sp³-hybridized carbons (Fsp3) is 0.250. The molecule has 0 saturated carbocycles. The van der Waals surface area contributed by atoms with Gasteiger partial charge in [0.15, 0.2) is 5.49 Å². The molecule has 0 amide bonds. The number of benzene rings is 1. The SMILES string of the molecule is CCNc1cc(N)n(CC)/c(=N/c2ccccc2)c1C#N. The van der Waals surface area contributed by atoms with Crippen molar-refractivity contribution in [2.75, 3.05) is 17.6 Å². The van der Waals surface area contributed by atoms with Gasteiger partial charge in [-0.05, 0) is 26.0 Å². The van der Waals surface area contributed by atoms with Crippen molar-refractivity contribution in [1.82, 2.24) is 4.57 Å². The van der Waals surface area contributed by atoms with Crippen LogP contribution in [-0.2, 0) is 6.54 Å². The smallest absolute Gasteiger partial charge is 0.154 e. The summed E-state index contributed by atoms with van der Waals surface area (Å²) in [6.07, 6.45) is 0. The first-order valence-electron chi connectivity index (χ1n) is 6.98. The second-order valence-corrected chi connectivity index (χ2v) is 4.52. The van der Waals surface area contributed by atoms with Gasteiger partial charge >= 0.3 is 0 Å². The molecule has 108 valence electrons. The highest BCUT2D eigenvalue weighted by atomic mass is 15.1. The average molecular weight is 281 g/mol. The Morgan fingerprint density at radius 3 is 2.57 bits per heavy atom. The minimum absolute atomic E-state index is 0.511. The molecule has 0 aliphatic rings. The van der Waals surface area contributed by atoms with E-state index in [0.717, 1.165) is 17.9 Å². The van der Waals surface area contributed by atoms with E-state index in [-0.39, 0.29) is 0 Å². The van der Waals surface area contributed by atoms with Crippen LogP contribution < -0.4 is 16.5 Å². The molecule has 5 heteroatoms. The zero-order valence-corrected chi connectivity index (χ0v) is 12.3.